The third-order valence-corrected chi connectivity index (χ3v) is 11.1. The van der Waals surface area contributed by atoms with Crippen molar-refractivity contribution in [1.29, 1.82) is 0 Å². The van der Waals surface area contributed by atoms with Crippen LogP contribution in [0.3, 0.4) is 0 Å². The Bertz CT molecular complexity index is 973. The van der Waals surface area contributed by atoms with Crippen LogP contribution in [0.1, 0.15) is 37.0 Å². The van der Waals surface area contributed by atoms with E-state index in [1.165, 1.54) is 11.3 Å². The van der Waals surface area contributed by atoms with Gasteiger partial charge in [-0.1, -0.05) is 0 Å². The number of ether oxygens (including phenoxy) is 1. The molecule has 2 saturated heterocycles. The van der Waals surface area contributed by atoms with Crippen molar-refractivity contribution in [1.82, 2.24) is 9.79 Å². The molecule has 0 radical (unpaired) electrons. The summed E-state index contributed by atoms with van der Waals surface area (Å²) < 4.78 is 56.5. The van der Waals surface area contributed by atoms with Crippen LogP contribution >= 0.6 is 27.3 Å². The Morgan fingerprint density at radius 2 is 2.17 bits per heavy atom. The van der Waals surface area contributed by atoms with Gasteiger partial charge in [-0.25, -0.2) is 31.5 Å². The third-order valence-electron chi connectivity index (χ3n) is 5.35. The first-order chi connectivity index (χ1) is 14.0. The number of carbonyl (C=O) groups is 1. The summed E-state index contributed by atoms with van der Waals surface area (Å²) in [6, 6.07) is 3.39. The maximum absolute atomic E-state index is 13.4. The van der Waals surface area contributed by atoms with Gasteiger partial charge in [0, 0.05) is 31.0 Å². The summed E-state index contributed by atoms with van der Waals surface area (Å²) in [5.74, 6) is -0.958. The quantitative estimate of drug-likeness (QED) is 0.541. The molecule has 0 bridgehead atoms. The number of halogens is 1. The van der Waals surface area contributed by atoms with Crippen LogP contribution in [-0.4, -0.2) is 65.0 Å². The smallest absolute Gasteiger partial charge is 0.245 e. The lowest BCUT2D eigenvalue weighted by atomic mass is 9.97. The van der Waals surface area contributed by atoms with Crippen LogP contribution in [0, 0.1) is 0 Å². The summed E-state index contributed by atoms with van der Waals surface area (Å²) >= 11 is 4.57. The second kappa shape index (κ2) is 9.51. The van der Waals surface area contributed by atoms with Crippen molar-refractivity contribution in [3.05, 3.63) is 20.8 Å². The molecule has 0 aromatic carbocycles. The Balaban J connectivity index is 1.86. The van der Waals surface area contributed by atoms with Gasteiger partial charge < -0.3 is 4.74 Å². The number of rotatable bonds is 6. The molecule has 1 N–H and O–H groups in total. The zero-order valence-electron chi connectivity index (χ0n) is 16.5. The predicted molar refractivity (Wildman–Crippen MR) is 116 cm³/mol. The summed E-state index contributed by atoms with van der Waals surface area (Å²) in [6.45, 7) is 0.417. The molecule has 1 aromatic rings. The molecule has 0 aliphatic carbocycles. The highest BCUT2D eigenvalue weighted by molar-refractivity contribution is 9.11. The van der Waals surface area contributed by atoms with Gasteiger partial charge in [0.1, 0.15) is 4.75 Å². The van der Waals surface area contributed by atoms with Crippen LogP contribution in [0.2, 0.25) is 0 Å². The standard InChI is InChI=1S/C17H25BrN2O7S3/c1-29(22,23)20-8-7-17(30(24,25)11-9-20,13-5-6-14(18)28-13)12-15(21)19-27-16-4-2-3-10-26-16/h5-6,16H,2-4,7-12H2,1H3,(H,19,21)/t16?,17-/m0/s1. The molecule has 30 heavy (non-hydrogen) atoms. The number of sulfone groups is 1. The predicted octanol–water partition coefficient (Wildman–Crippen LogP) is 1.75. The van der Waals surface area contributed by atoms with Crippen LogP contribution in [0.15, 0.2) is 15.9 Å². The molecule has 1 amide bonds. The van der Waals surface area contributed by atoms with Gasteiger partial charge in [-0.2, -0.15) is 0 Å². The van der Waals surface area contributed by atoms with Gasteiger partial charge in [0.2, 0.25) is 15.9 Å². The van der Waals surface area contributed by atoms with Crippen molar-refractivity contribution in [3.8, 4) is 0 Å². The zero-order chi connectivity index (χ0) is 22.0. The second-order valence-electron chi connectivity index (χ2n) is 7.44. The SMILES string of the molecule is CS(=O)(=O)N1CC[C@](CC(=O)NOC2CCCCO2)(c2ccc(Br)s2)S(=O)(=O)CC1. The summed E-state index contributed by atoms with van der Waals surface area (Å²) in [5.41, 5.74) is 2.33. The monoisotopic (exact) mass is 544 g/mol. The lowest BCUT2D eigenvalue weighted by Crippen LogP contribution is -2.43. The number of sulfonamides is 1. The van der Waals surface area contributed by atoms with Crippen molar-refractivity contribution in [3.63, 3.8) is 0 Å². The van der Waals surface area contributed by atoms with Crippen molar-refractivity contribution in [2.45, 2.75) is 43.1 Å². The normalized spacial score (nSPS) is 28.0. The van der Waals surface area contributed by atoms with Crippen LogP contribution in [0.4, 0.5) is 0 Å². The number of hydrogen-bond donors (Lipinski definition) is 1. The molecule has 2 fully saturated rings. The molecule has 0 saturated carbocycles. The molecule has 3 heterocycles. The molecule has 2 aliphatic rings. The molecule has 2 aliphatic heterocycles. The molecule has 3 rings (SSSR count). The van der Waals surface area contributed by atoms with Gasteiger partial charge in [-0.15, -0.1) is 11.3 Å². The van der Waals surface area contributed by atoms with Crippen LogP contribution in [0.5, 0.6) is 0 Å². The number of nitrogens with zero attached hydrogens (tertiary/aromatic N) is 1. The first-order valence-corrected chi connectivity index (χ1v) is 14.6. The average molecular weight is 545 g/mol. The van der Waals surface area contributed by atoms with E-state index in [9.17, 15) is 21.6 Å². The lowest BCUT2D eigenvalue weighted by Gasteiger charge is -2.31. The molecule has 0 spiro atoms. The van der Waals surface area contributed by atoms with Gasteiger partial charge >= 0.3 is 0 Å². The Morgan fingerprint density at radius 3 is 2.77 bits per heavy atom. The number of hydroxylamine groups is 1. The van der Waals surface area contributed by atoms with Gasteiger partial charge in [0.05, 0.1) is 22.2 Å². The first-order valence-electron chi connectivity index (χ1n) is 9.53. The summed E-state index contributed by atoms with van der Waals surface area (Å²) in [5, 5.41) is 0. The van der Waals surface area contributed by atoms with E-state index in [0.29, 0.717) is 17.9 Å². The summed E-state index contributed by atoms with van der Waals surface area (Å²) in [7, 11) is -7.42. The van der Waals surface area contributed by atoms with E-state index in [0.717, 1.165) is 27.2 Å². The van der Waals surface area contributed by atoms with Crippen molar-refractivity contribution >= 4 is 53.0 Å². The Hall–Kier alpha value is -0.570. The number of hydrogen-bond acceptors (Lipinski definition) is 8. The van der Waals surface area contributed by atoms with Crippen LogP contribution in [0.25, 0.3) is 0 Å². The fraction of sp³-hybridized carbons (Fsp3) is 0.706. The maximum atomic E-state index is 13.4. The molecule has 170 valence electrons. The molecular formula is C17H25BrN2O7S3. The topological polar surface area (TPSA) is 119 Å². The van der Waals surface area contributed by atoms with Crippen molar-refractivity contribution in [2.24, 2.45) is 0 Å². The molecule has 13 heteroatoms. The van der Waals surface area contributed by atoms with Gasteiger partial charge in [-0.05, 0) is 47.3 Å². The minimum absolute atomic E-state index is 0.00740. The average Bonchev–Trinajstić information content (AvgIpc) is 3.05. The molecule has 1 aromatic heterocycles. The second-order valence-corrected chi connectivity index (χ2v) is 14.3. The fourth-order valence-electron chi connectivity index (χ4n) is 3.67. The largest absolute Gasteiger partial charge is 0.350 e. The van der Waals surface area contributed by atoms with Gasteiger partial charge in [0.15, 0.2) is 16.1 Å². The van der Waals surface area contributed by atoms with E-state index >= 15 is 0 Å². The third kappa shape index (κ3) is 5.43. The summed E-state index contributed by atoms with van der Waals surface area (Å²) in [4.78, 5) is 18.5. The highest BCUT2D eigenvalue weighted by atomic mass is 79.9. The van der Waals surface area contributed by atoms with Crippen LogP contribution < -0.4 is 5.48 Å². The van der Waals surface area contributed by atoms with Crippen molar-refractivity contribution in [2.75, 3.05) is 31.7 Å². The molecular weight excluding hydrogens is 520 g/mol. The Labute approximate surface area is 189 Å². The van der Waals surface area contributed by atoms with Crippen LogP contribution in [-0.2, 0) is 39.0 Å². The molecule has 1 unspecified atom stereocenters. The number of amides is 1. The van der Waals surface area contributed by atoms with Gasteiger partial charge in [0.25, 0.3) is 0 Å². The zero-order valence-corrected chi connectivity index (χ0v) is 20.5. The maximum Gasteiger partial charge on any atom is 0.245 e. The first kappa shape index (κ1) is 24.1. The van der Waals surface area contributed by atoms with E-state index in [4.69, 9.17) is 9.57 Å². The minimum atomic E-state index is -3.86. The van der Waals surface area contributed by atoms with E-state index < -0.39 is 36.8 Å². The Morgan fingerprint density at radius 1 is 1.40 bits per heavy atom. The Kier molecular flexibility index (Phi) is 7.63. The number of carbonyl (C=O) groups excluding carboxylic acids is 1. The van der Waals surface area contributed by atoms with E-state index in [1.807, 2.05) is 0 Å². The van der Waals surface area contributed by atoms with Gasteiger partial charge in [-0.3, -0.25) is 4.79 Å². The van der Waals surface area contributed by atoms with E-state index in [2.05, 4.69) is 21.4 Å². The lowest BCUT2D eigenvalue weighted by molar-refractivity contribution is -0.200. The molecule has 9 nitrogen and oxygen atoms in total. The summed E-state index contributed by atoms with van der Waals surface area (Å²) in [6.07, 6.45) is 2.60. The highest BCUT2D eigenvalue weighted by Crippen LogP contribution is 2.44. The fourth-order valence-corrected chi connectivity index (χ4v) is 8.62. The molecule has 2 atom stereocenters. The number of nitrogens with one attached hydrogen (secondary N) is 1. The number of thiophene rings is 1. The minimum Gasteiger partial charge on any atom is -0.350 e. The van der Waals surface area contributed by atoms with E-state index in [1.54, 1.807) is 12.1 Å². The van der Waals surface area contributed by atoms with E-state index in [-0.39, 0.29) is 31.7 Å². The highest BCUT2D eigenvalue weighted by Gasteiger charge is 2.50. The van der Waals surface area contributed by atoms with Crippen molar-refractivity contribution < 1.29 is 31.2 Å².